The molecule has 2 atom stereocenters. The van der Waals surface area contributed by atoms with Crippen LogP contribution in [0.1, 0.15) is 38.8 Å². The number of ether oxygens (including phenoxy) is 2. The summed E-state index contributed by atoms with van der Waals surface area (Å²) in [5.74, 6) is -0.173. The SMILES string of the molecule is CC(NC(=O)OC(C)(C)C)C(=O)N(C)CC1Cc2ccccc2CO1. The minimum Gasteiger partial charge on any atom is -0.444 e. The molecular formula is C19H28N2O4. The number of amides is 2. The van der Waals surface area contributed by atoms with E-state index in [1.807, 2.05) is 12.1 Å². The fourth-order valence-corrected chi connectivity index (χ4v) is 2.80. The van der Waals surface area contributed by atoms with Crippen molar-refractivity contribution in [1.82, 2.24) is 10.2 Å². The maximum absolute atomic E-state index is 12.5. The topological polar surface area (TPSA) is 67.9 Å². The predicted octanol–water partition coefficient (Wildman–Crippen LogP) is 2.50. The number of likely N-dealkylation sites (N-methyl/N-ethyl adjacent to an activating group) is 1. The van der Waals surface area contributed by atoms with E-state index < -0.39 is 17.7 Å². The van der Waals surface area contributed by atoms with Crippen LogP contribution in [-0.2, 0) is 27.3 Å². The Morgan fingerprint density at radius 3 is 2.60 bits per heavy atom. The number of carbonyl (C=O) groups is 2. The van der Waals surface area contributed by atoms with Crippen molar-refractivity contribution < 1.29 is 19.1 Å². The molecule has 0 saturated carbocycles. The van der Waals surface area contributed by atoms with Crippen molar-refractivity contribution in [3.05, 3.63) is 35.4 Å². The Balaban J connectivity index is 1.85. The van der Waals surface area contributed by atoms with Crippen molar-refractivity contribution in [1.29, 1.82) is 0 Å². The van der Waals surface area contributed by atoms with Crippen LogP contribution in [0.3, 0.4) is 0 Å². The van der Waals surface area contributed by atoms with Crippen molar-refractivity contribution in [3.63, 3.8) is 0 Å². The van der Waals surface area contributed by atoms with E-state index in [1.165, 1.54) is 11.1 Å². The summed E-state index contributed by atoms with van der Waals surface area (Å²) in [4.78, 5) is 25.9. The van der Waals surface area contributed by atoms with E-state index in [-0.39, 0.29) is 12.0 Å². The van der Waals surface area contributed by atoms with E-state index in [0.29, 0.717) is 13.2 Å². The molecule has 138 valence electrons. The number of hydrogen-bond acceptors (Lipinski definition) is 4. The number of nitrogens with one attached hydrogen (secondary N) is 1. The van der Waals surface area contributed by atoms with Gasteiger partial charge in [0.15, 0.2) is 0 Å². The molecule has 0 spiro atoms. The molecule has 25 heavy (non-hydrogen) atoms. The second-order valence-electron chi connectivity index (χ2n) is 7.49. The third-order valence-electron chi connectivity index (χ3n) is 4.00. The van der Waals surface area contributed by atoms with Crippen LogP contribution in [0.5, 0.6) is 0 Å². The number of rotatable bonds is 4. The lowest BCUT2D eigenvalue weighted by Crippen LogP contribution is -2.49. The second-order valence-corrected chi connectivity index (χ2v) is 7.49. The number of carbonyl (C=O) groups excluding carboxylic acids is 2. The standard InChI is InChI=1S/C19H28N2O4/c1-13(20-18(23)25-19(2,3)4)17(22)21(5)11-16-10-14-8-6-7-9-15(14)12-24-16/h6-9,13,16H,10-12H2,1-5H3,(H,20,23). The molecule has 1 N–H and O–H groups in total. The molecule has 2 unspecified atom stereocenters. The minimum absolute atomic E-state index is 0.0439. The average Bonchev–Trinajstić information content (AvgIpc) is 2.52. The van der Waals surface area contributed by atoms with E-state index in [1.54, 1.807) is 39.6 Å². The van der Waals surface area contributed by atoms with Gasteiger partial charge in [-0.2, -0.15) is 0 Å². The van der Waals surface area contributed by atoms with E-state index in [2.05, 4.69) is 17.4 Å². The Morgan fingerprint density at radius 2 is 1.96 bits per heavy atom. The van der Waals surface area contributed by atoms with Crippen molar-refractivity contribution in [2.45, 2.75) is 58.5 Å². The average molecular weight is 348 g/mol. The zero-order valence-electron chi connectivity index (χ0n) is 15.7. The van der Waals surface area contributed by atoms with Gasteiger partial charge < -0.3 is 19.7 Å². The molecule has 0 aliphatic carbocycles. The first kappa shape index (κ1) is 19.2. The summed E-state index contributed by atoms with van der Waals surface area (Å²) in [6, 6.07) is 7.52. The molecule has 1 aromatic carbocycles. The summed E-state index contributed by atoms with van der Waals surface area (Å²) in [7, 11) is 1.72. The lowest BCUT2D eigenvalue weighted by molar-refractivity contribution is -0.133. The molecule has 1 aliphatic rings. The Kier molecular flexibility index (Phi) is 6.06. The zero-order chi connectivity index (χ0) is 18.6. The predicted molar refractivity (Wildman–Crippen MR) is 95.2 cm³/mol. The van der Waals surface area contributed by atoms with Gasteiger partial charge in [0.05, 0.1) is 12.7 Å². The van der Waals surface area contributed by atoms with Gasteiger partial charge in [0.2, 0.25) is 5.91 Å². The molecule has 0 radical (unpaired) electrons. The largest absolute Gasteiger partial charge is 0.444 e. The molecule has 1 aliphatic heterocycles. The normalized spacial score (nSPS) is 18.0. The maximum Gasteiger partial charge on any atom is 0.408 e. The molecule has 1 heterocycles. The molecule has 6 heteroatoms. The smallest absolute Gasteiger partial charge is 0.408 e. The molecule has 6 nitrogen and oxygen atoms in total. The number of fused-ring (bicyclic) bond motifs is 1. The Hall–Kier alpha value is -2.08. The molecule has 2 amide bonds. The highest BCUT2D eigenvalue weighted by Crippen LogP contribution is 2.20. The lowest BCUT2D eigenvalue weighted by Gasteiger charge is -2.30. The van der Waals surface area contributed by atoms with E-state index in [9.17, 15) is 9.59 Å². The Bertz CT molecular complexity index is 624. The molecule has 0 bridgehead atoms. The summed E-state index contributed by atoms with van der Waals surface area (Å²) in [5.41, 5.74) is 1.87. The Morgan fingerprint density at radius 1 is 1.32 bits per heavy atom. The van der Waals surface area contributed by atoms with Crippen molar-refractivity contribution in [2.24, 2.45) is 0 Å². The summed E-state index contributed by atoms with van der Waals surface area (Å²) in [6.45, 7) is 8.04. The van der Waals surface area contributed by atoms with Crippen LogP contribution in [0.2, 0.25) is 0 Å². The highest BCUT2D eigenvalue weighted by molar-refractivity contribution is 5.85. The van der Waals surface area contributed by atoms with Gasteiger partial charge in [-0.15, -0.1) is 0 Å². The van der Waals surface area contributed by atoms with Crippen molar-refractivity contribution >= 4 is 12.0 Å². The lowest BCUT2D eigenvalue weighted by atomic mass is 9.99. The van der Waals surface area contributed by atoms with Gasteiger partial charge in [0, 0.05) is 20.0 Å². The second kappa shape index (κ2) is 7.87. The number of nitrogens with zero attached hydrogens (tertiary/aromatic N) is 1. The third kappa shape index (κ3) is 5.74. The first-order valence-electron chi connectivity index (χ1n) is 8.58. The summed E-state index contributed by atoms with van der Waals surface area (Å²) < 4.78 is 11.0. The van der Waals surface area contributed by atoms with E-state index in [0.717, 1.165) is 6.42 Å². The number of hydrogen-bond donors (Lipinski definition) is 1. The van der Waals surface area contributed by atoms with Crippen LogP contribution in [0.25, 0.3) is 0 Å². The van der Waals surface area contributed by atoms with Gasteiger partial charge in [0.1, 0.15) is 11.6 Å². The molecular weight excluding hydrogens is 320 g/mol. The number of alkyl carbamates (subject to hydrolysis) is 1. The van der Waals surface area contributed by atoms with Gasteiger partial charge >= 0.3 is 6.09 Å². The molecule has 1 aromatic rings. The van der Waals surface area contributed by atoms with Gasteiger partial charge in [-0.25, -0.2) is 4.79 Å². The first-order chi connectivity index (χ1) is 11.7. The summed E-state index contributed by atoms with van der Waals surface area (Å²) >= 11 is 0. The maximum atomic E-state index is 12.5. The van der Waals surface area contributed by atoms with Crippen molar-refractivity contribution in [3.8, 4) is 0 Å². The molecule has 0 saturated heterocycles. The van der Waals surface area contributed by atoms with Crippen LogP contribution in [0.15, 0.2) is 24.3 Å². The van der Waals surface area contributed by atoms with Crippen LogP contribution in [0, 0.1) is 0 Å². The fraction of sp³-hybridized carbons (Fsp3) is 0.579. The van der Waals surface area contributed by atoms with Gasteiger partial charge in [-0.05, 0) is 38.8 Å². The van der Waals surface area contributed by atoms with Crippen LogP contribution >= 0.6 is 0 Å². The monoisotopic (exact) mass is 348 g/mol. The van der Waals surface area contributed by atoms with E-state index >= 15 is 0 Å². The molecule has 0 fully saturated rings. The third-order valence-corrected chi connectivity index (χ3v) is 4.00. The quantitative estimate of drug-likeness (QED) is 0.908. The van der Waals surface area contributed by atoms with Crippen LogP contribution in [-0.4, -0.2) is 48.2 Å². The number of benzene rings is 1. The zero-order valence-corrected chi connectivity index (χ0v) is 15.7. The summed E-state index contributed by atoms with van der Waals surface area (Å²) in [6.07, 6.45) is 0.143. The van der Waals surface area contributed by atoms with Crippen LogP contribution in [0.4, 0.5) is 4.79 Å². The summed E-state index contributed by atoms with van der Waals surface area (Å²) in [5, 5.41) is 2.58. The van der Waals surface area contributed by atoms with Crippen molar-refractivity contribution in [2.75, 3.05) is 13.6 Å². The molecule has 2 rings (SSSR count). The van der Waals surface area contributed by atoms with Gasteiger partial charge in [-0.3, -0.25) is 4.79 Å². The highest BCUT2D eigenvalue weighted by atomic mass is 16.6. The van der Waals surface area contributed by atoms with Crippen LogP contribution < -0.4 is 5.32 Å². The fourth-order valence-electron chi connectivity index (χ4n) is 2.80. The highest BCUT2D eigenvalue weighted by Gasteiger charge is 2.26. The first-order valence-corrected chi connectivity index (χ1v) is 8.58. The Labute approximate surface area is 149 Å². The molecule has 0 aromatic heterocycles. The van der Waals surface area contributed by atoms with E-state index in [4.69, 9.17) is 9.47 Å². The van der Waals surface area contributed by atoms with Gasteiger partial charge in [-0.1, -0.05) is 24.3 Å². The van der Waals surface area contributed by atoms with Gasteiger partial charge in [0.25, 0.3) is 0 Å². The minimum atomic E-state index is -0.657.